The van der Waals surface area contributed by atoms with Crippen LogP contribution in [0.5, 0.6) is 0 Å². The monoisotopic (exact) mass is 383 g/mol. The first-order chi connectivity index (χ1) is 11.3. The molecule has 1 atom stereocenters. The van der Waals surface area contributed by atoms with Gasteiger partial charge < -0.3 is 0 Å². The Kier molecular flexibility index (Phi) is 5.21. The van der Waals surface area contributed by atoms with Crippen LogP contribution >= 0.6 is 23.2 Å². The molecule has 0 aliphatic heterocycles. The van der Waals surface area contributed by atoms with Gasteiger partial charge in [-0.25, -0.2) is 13.1 Å². The van der Waals surface area contributed by atoms with Crippen LogP contribution in [0.4, 0.5) is 0 Å². The van der Waals surface area contributed by atoms with Gasteiger partial charge in [-0.05, 0) is 60.6 Å². The van der Waals surface area contributed by atoms with Crippen LogP contribution in [0.15, 0.2) is 36.4 Å². The fourth-order valence-electron chi connectivity index (χ4n) is 3.09. The van der Waals surface area contributed by atoms with E-state index in [9.17, 15) is 8.42 Å². The number of benzene rings is 2. The summed E-state index contributed by atoms with van der Waals surface area (Å²) in [5.74, 6) is -0.126. The first-order valence-electron chi connectivity index (χ1n) is 7.90. The SMILES string of the molecule is C[C@H](NS(=O)(=O)Cc1ccc(Cl)c(Cl)c1)c1ccc2c(c1)CCC2. The molecule has 0 amide bonds. The minimum absolute atomic E-state index is 0.126. The highest BCUT2D eigenvalue weighted by Crippen LogP contribution is 2.26. The summed E-state index contributed by atoms with van der Waals surface area (Å²) in [4.78, 5) is 0. The molecule has 0 aromatic heterocycles. The molecule has 128 valence electrons. The lowest BCUT2D eigenvalue weighted by Gasteiger charge is -2.16. The summed E-state index contributed by atoms with van der Waals surface area (Å²) >= 11 is 11.8. The van der Waals surface area contributed by atoms with Crippen molar-refractivity contribution in [3.63, 3.8) is 0 Å². The van der Waals surface area contributed by atoms with Crippen molar-refractivity contribution in [2.45, 2.75) is 38.0 Å². The number of fused-ring (bicyclic) bond motifs is 1. The quantitative estimate of drug-likeness (QED) is 0.815. The third kappa shape index (κ3) is 4.12. The smallest absolute Gasteiger partial charge is 0.212 e. The Bertz CT molecular complexity index is 865. The van der Waals surface area contributed by atoms with E-state index < -0.39 is 10.0 Å². The van der Waals surface area contributed by atoms with E-state index >= 15 is 0 Å². The normalized spacial score (nSPS) is 15.3. The average molecular weight is 384 g/mol. The average Bonchev–Trinajstić information content (AvgIpc) is 2.97. The van der Waals surface area contributed by atoms with Crippen molar-refractivity contribution in [3.8, 4) is 0 Å². The molecule has 1 N–H and O–H groups in total. The summed E-state index contributed by atoms with van der Waals surface area (Å²) in [6, 6.07) is 10.8. The van der Waals surface area contributed by atoms with Crippen LogP contribution in [0.1, 0.15) is 41.6 Å². The summed E-state index contributed by atoms with van der Waals surface area (Å²) in [5.41, 5.74) is 4.32. The van der Waals surface area contributed by atoms with Crippen LogP contribution in [0.2, 0.25) is 10.0 Å². The van der Waals surface area contributed by atoms with Gasteiger partial charge >= 0.3 is 0 Å². The Morgan fingerprint density at radius 2 is 1.79 bits per heavy atom. The number of hydrogen-bond donors (Lipinski definition) is 1. The van der Waals surface area contributed by atoms with Crippen molar-refractivity contribution in [1.82, 2.24) is 4.72 Å². The van der Waals surface area contributed by atoms with Gasteiger partial charge in [0.05, 0.1) is 15.8 Å². The third-order valence-corrected chi connectivity index (χ3v) is 6.48. The van der Waals surface area contributed by atoms with Crippen molar-refractivity contribution in [1.29, 1.82) is 0 Å². The summed E-state index contributed by atoms with van der Waals surface area (Å²) < 4.78 is 27.6. The van der Waals surface area contributed by atoms with Crippen molar-refractivity contribution in [3.05, 3.63) is 68.7 Å². The van der Waals surface area contributed by atoms with Gasteiger partial charge in [0, 0.05) is 6.04 Å². The van der Waals surface area contributed by atoms with Crippen LogP contribution < -0.4 is 4.72 Å². The number of hydrogen-bond acceptors (Lipinski definition) is 2. The van der Waals surface area contributed by atoms with Gasteiger partial charge in [0.15, 0.2) is 0 Å². The predicted octanol–water partition coefficient (Wildman–Crippen LogP) is 4.66. The molecule has 0 fully saturated rings. The van der Waals surface area contributed by atoms with E-state index in [0.717, 1.165) is 18.4 Å². The van der Waals surface area contributed by atoms with Crippen LogP contribution in [0.25, 0.3) is 0 Å². The highest BCUT2D eigenvalue weighted by atomic mass is 35.5. The summed E-state index contributed by atoms with van der Waals surface area (Å²) in [6.07, 6.45) is 3.37. The van der Waals surface area contributed by atoms with Gasteiger partial charge in [0.2, 0.25) is 10.0 Å². The second kappa shape index (κ2) is 7.04. The van der Waals surface area contributed by atoms with Crippen molar-refractivity contribution >= 4 is 33.2 Å². The summed E-state index contributed by atoms with van der Waals surface area (Å²) in [7, 11) is -3.48. The third-order valence-electron chi connectivity index (χ3n) is 4.32. The Morgan fingerprint density at radius 1 is 1.04 bits per heavy atom. The molecule has 0 unspecified atom stereocenters. The highest BCUT2D eigenvalue weighted by molar-refractivity contribution is 7.88. The second-order valence-corrected chi connectivity index (χ2v) is 8.80. The van der Waals surface area contributed by atoms with Crippen molar-refractivity contribution < 1.29 is 8.42 Å². The maximum absolute atomic E-state index is 12.4. The van der Waals surface area contributed by atoms with Crippen molar-refractivity contribution in [2.24, 2.45) is 0 Å². The van der Waals surface area contributed by atoms with E-state index in [2.05, 4.69) is 16.9 Å². The van der Waals surface area contributed by atoms with Crippen LogP contribution in [-0.4, -0.2) is 8.42 Å². The molecule has 2 aromatic carbocycles. The zero-order chi connectivity index (χ0) is 17.3. The fraction of sp³-hybridized carbons (Fsp3) is 0.333. The highest BCUT2D eigenvalue weighted by Gasteiger charge is 2.19. The first-order valence-corrected chi connectivity index (χ1v) is 10.3. The van der Waals surface area contributed by atoms with E-state index in [1.807, 2.05) is 13.0 Å². The van der Waals surface area contributed by atoms with Gasteiger partial charge in [-0.15, -0.1) is 0 Å². The molecule has 0 bridgehead atoms. The van der Waals surface area contributed by atoms with E-state index in [0.29, 0.717) is 15.6 Å². The van der Waals surface area contributed by atoms with E-state index in [4.69, 9.17) is 23.2 Å². The molecule has 24 heavy (non-hydrogen) atoms. The molecule has 0 radical (unpaired) electrons. The molecule has 0 saturated carbocycles. The zero-order valence-electron chi connectivity index (χ0n) is 13.4. The van der Waals surface area contributed by atoms with Crippen LogP contribution in [0.3, 0.4) is 0 Å². The molecule has 3 nitrogen and oxygen atoms in total. The molecule has 6 heteroatoms. The number of aryl methyl sites for hydroxylation is 2. The van der Waals surface area contributed by atoms with Crippen molar-refractivity contribution in [2.75, 3.05) is 0 Å². The number of rotatable bonds is 5. The Balaban J connectivity index is 1.72. The second-order valence-electron chi connectivity index (χ2n) is 6.23. The minimum Gasteiger partial charge on any atom is -0.212 e. The topological polar surface area (TPSA) is 46.2 Å². The largest absolute Gasteiger partial charge is 0.216 e. The van der Waals surface area contributed by atoms with Crippen LogP contribution in [0, 0.1) is 0 Å². The van der Waals surface area contributed by atoms with E-state index in [1.165, 1.54) is 17.5 Å². The molecular weight excluding hydrogens is 365 g/mol. The fourth-order valence-corrected chi connectivity index (χ4v) is 4.79. The Hall–Kier alpha value is -1.07. The zero-order valence-corrected chi connectivity index (χ0v) is 15.7. The van der Waals surface area contributed by atoms with Gasteiger partial charge in [0.1, 0.15) is 0 Å². The lowest BCUT2D eigenvalue weighted by atomic mass is 10.0. The number of sulfonamides is 1. The minimum atomic E-state index is -3.48. The number of nitrogens with one attached hydrogen (secondary N) is 1. The molecule has 2 aromatic rings. The molecular formula is C18H19Cl2NO2S. The van der Waals surface area contributed by atoms with Gasteiger partial charge in [-0.3, -0.25) is 0 Å². The molecule has 0 heterocycles. The number of halogens is 2. The molecule has 0 spiro atoms. The predicted molar refractivity (Wildman–Crippen MR) is 99.1 cm³/mol. The van der Waals surface area contributed by atoms with Crippen LogP contribution in [-0.2, 0) is 28.6 Å². The lowest BCUT2D eigenvalue weighted by Crippen LogP contribution is -2.28. The maximum atomic E-state index is 12.4. The Morgan fingerprint density at radius 3 is 2.54 bits per heavy atom. The van der Waals surface area contributed by atoms with Gasteiger partial charge in [-0.2, -0.15) is 0 Å². The van der Waals surface area contributed by atoms with Gasteiger partial charge in [-0.1, -0.05) is 47.5 Å². The Labute approximate surface area is 153 Å². The van der Waals surface area contributed by atoms with E-state index in [-0.39, 0.29) is 11.8 Å². The molecule has 3 rings (SSSR count). The van der Waals surface area contributed by atoms with Gasteiger partial charge in [0.25, 0.3) is 0 Å². The maximum Gasteiger partial charge on any atom is 0.216 e. The molecule has 0 saturated heterocycles. The molecule has 1 aliphatic rings. The lowest BCUT2D eigenvalue weighted by molar-refractivity contribution is 0.566. The van der Waals surface area contributed by atoms with E-state index in [1.54, 1.807) is 18.2 Å². The summed E-state index contributed by atoms with van der Waals surface area (Å²) in [6.45, 7) is 1.86. The first kappa shape index (κ1) is 17.7. The standard InChI is InChI=1S/C18H19Cl2NO2S/c1-12(15-7-6-14-3-2-4-16(14)10-15)21-24(22,23)11-13-5-8-17(19)18(20)9-13/h5-10,12,21H,2-4,11H2,1H3/t12-/m0/s1. The molecule has 1 aliphatic carbocycles. The summed E-state index contributed by atoms with van der Waals surface area (Å²) in [5, 5.41) is 0.772.